The second-order valence-corrected chi connectivity index (χ2v) is 2.92. The van der Waals surface area contributed by atoms with Crippen LogP contribution in [0.5, 0.6) is 5.88 Å². The maximum Gasteiger partial charge on any atom is 0.270 e. The number of hydrogen-bond acceptors (Lipinski definition) is 4. The van der Waals surface area contributed by atoms with Gasteiger partial charge in [0.25, 0.3) is 5.69 Å². The molecule has 0 radical (unpaired) electrons. The lowest BCUT2D eigenvalue weighted by Crippen LogP contribution is -1.90. The first kappa shape index (κ1) is 9.32. The average Bonchev–Trinajstić information content (AvgIpc) is 2.23. The van der Waals surface area contributed by atoms with E-state index in [0.717, 1.165) is 12.3 Å². The van der Waals surface area contributed by atoms with Gasteiger partial charge in [-0.05, 0) is 6.07 Å². The van der Waals surface area contributed by atoms with Gasteiger partial charge in [-0.25, -0.2) is 9.37 Å². The SMILES string of the molecule is O=[N+]([O-])c1ccc2c(O)ncc(F)c2c1. The molecule has 0 aliphatic heterocycles. The van der Waals surface area contributed by atoms with Crippen LogP contribution < -0.4 is 0 Å². The third-order valence-electron chi connectivity index (χ3n) is 2.01. The van der Waals surface area contributed by atoms with Crippen LogP contribution in [-0.2, 0) is 0 Å². The fourth-order valence-electron chi connectivity index (χ4n) is 1.30. The predicted octanol–water partition coefficient (Wildman–Crippen LogP) is 1.99. The Morgan fingerprint density at radius 3 is 2.80 bits per heavy atom. The maximum absolute atomic E-state index is 13.2. The van der Waals surface area contributed by atoms with E-state index in [4.69, 9.17) is 0 Å². The van der Waals surface area contributed by atoms with Gasteiger partial charge < -0.3 is 5.11 Å². The van der Waals surface area contributed by atoms with Crippen molar-refractivity contribution >= 4 is 16.5 Å². The molecule has 1 aromatic heterocycles. The zero-order valence-corrected chi connectivity index (χ0v) is 7.35. The van der Waals surface area contributed by atoms with Crippen molar-refractivity contribution in [3.8, 4) is 5.88 Å². The number of nitro groups is 1. The minimum Gasteiger partial charge on any atom is -0.493 e. The number of pyridine rings is 1. The zero-order valence-electron chi connectivity index (χ0n) is 7.35. The van der Waals surface area contributed by atoms with Gasteiger partial charge in [-0.1, -0.05) is 0 Å². The van der Waals surface area contributed by atoms with Crippen molar-refractivity contribution in [1.29, 1.82) is 0 Å². The maximum atomic E-state index is 13.2. The van der Waals surface area contributed by atoms with Gasteiger partial charge in [-0.15, -0.1) is 0 Å². The second kappa shape index (κ2) is 3.16. The van der Waals surface area contributed by atoms with E-state index in [1.165, 1.54) is 12.1 Å². The van der Waals surface area contributed by atoms with Crippen molar-refractivity contribution in [2.45, 2.75) is 0 Å². The summed E-state index contributed by atoms with van der Waals surface area (Å²) in [6.45, 7) is 0. The lowest BCUT2D eigenvalue weighted by Gasteiger charge is -2.00. The largest absolute Gasteiger partial charge is 0.493 e. The summed E-state index contributed by atoms with van der Waals surface area (Å²) in [5.41, 5.74) is -0.230. The van der Waals surface area contributed by atoms with Gasteiger partial charge in [-0.3, -0.25) is 10.1 Å². The first-order valence-electron chi connectivity index (χ1n) is 4.01. The van der Waals surface area contributed by atoms with Crippen molar-refractivity contribution in [3.05, 3.63) is 40.3 Å². The Morgan fingerprint density at radius 1 is 1.40 bits per heavy atom. The van der Waals surface area contributed by atoms with Gasteiger partial charge in [0.05, 0.1) is 11.1 Å². The first-order chi connectivity index (χ1) is 7.09. The monoisotopic (exact) mass is 208 g/mol. The number of rotatable bonds is 1. The molecule has 0 atom stereocenters. The van der Waals surface area contributed by atoms with Gasteiger partial charge >= 0.3 is 0 Å². The Balaban J connectivity index is 2.81. The molecule has 1 N–H and O–H groups in total. The van der Waals surface area contributed by atoms with E-state index in [0.29, 0.717) is 0 Å². The molecule has 0 unspecified atom stereocenters. The van der Waals surface area contributed by atoms with Crippen LogP contribution in [0.25, 0.3) is 10.8 Å². The Morgan fingerprint density at radius 2 is 2.13 bits per heavy atom. The Hall–Kier alpha value is -2.24. The Labute approximate surface area is 82.9 Å². The number of non-ortho nitro benzene ring substituents is 1. The smallest absolute Gasteiger partial charge is 0.270 e. The molecule has 0 aliphatic carbocycles. The normalized spacial score (nSPS) is 10.5. The van der Waals surface area contributed by atoms with Crippen LogP contribution in [0.3, 0.4) is 0 Å². The lowest BCUT2D eigenvalue weighted by molar-refractivity contribution is -0.384. The number of benzene rings is 1. The zero-order chi connectivity index (χ0) is 11.0. The number of aromatic hydroxyl groups is 1. The van der Waals surface area contributed by atoms with Crippen LogP contribution in [-0.4, -0.2) is 15.0 Å². The molecule has 1 heterocycles. The van der Waals surface area contributed by atoms with Crippen molar-refractivity contribution < 1.29 is 14.4 Å². The number of hydrogen-bond donors (Lipinski definition) is 1. The minimum absolute atomic E-state index is 0.0169. The highest BCUT2D eigenvalue weighted by Crippen LogP contribution is 2.27. The van der Waals surface area contributed by atoms with E-state index >= 15 is 0 Å². The van der Waals surface area contributed by atoms with Crippen LogP contribution in [0, 0.1) is 15.9 Å². The molecule has 0 saturated heterocycles. The molecule has 6 heteroatoms. The molecule has 5 nitrogen and oxygen atoms in total. The Kier molecular flexibility index (Phi) is 1.96. The highest BCUT2D eigenvalue weighted by atomic mass is 19.1. The van der Waals surface area contributed by atoms with Crippen molar-refractivity contribution in [2.75, 3.05) is 0 Å². The third kappa shape index (κ3) is 1.45. The molecule has 76 valence electrons. The van der Waals surface area contributed by atoms with E-state index in [1.807, 2.05) is 0 Å². The quantitative estimate of drug-likeness (QED) is 0.574. The van der Waals surface area contributed by atoms with Crippen molar-refractivity contribution in [3.63, 3.8) is 0 Å². The highest BCUT2D eigenvalue weighted by molar-refractivity contribution is 5.88. The number of fused-ring (bicyclic) bond motifs is 1. The minimum atomic E-state index is -0.702. The number of halogens is 1. The van der Waals surface area contributed by atoms with Crippen LogP contribution >= 0.6 is 0 Å². The van der Waals surface area contributed by atoms with Gasteiger partial charge in [0, 0.05) is 22.9 Å². The molecule has 1 aromatic carbocycles. The highest BCUT2D eigenvalue weighted by Gasteiger charge is 2.11. The molecule has 15 heavy (non-hydrogen) atoms. The summed E-state index contributed by atoms with van der Waals surface area (Å²) in [7, 11) is 0. The fourth-order valence-corrected chi connectivity index (χ4v) is 1.30. The Bertz CT molecular complexity index is 556. The van der Waals surface area contributed by atoms with Crippen LogP contribution in [0.2, 0.25) is 0 Å². The third-order valence-corrected chi connectivity index (χ3v) is 2.01. The lowest BCUT2D eigenvalue weighted by atomic mass is 10.1. The summed E-state index contributed by atoms with van der Waals surface area (Å²) in [6, 6.07) is 3.51. The molecule has 0 bridgehead atoms. The molecule has 2 rings (SSSR count). The topological polar surface area (TPSA) is 76.3 Å². The number of nitrogens with zero attached hydrogens (tertiary/aromatic N) is 2. The van der Waals surface area contributed by atoms with Crippen molar-refractivity contribution in [1.82, 2.24) is 4.98 Å². The van der Waals surface area contributed by atoms with Gasteiger partial charge in [0.1, 0.15) is 5.82 Å². The van der Waals surface area contributed by atoms with Crippen LogP contribution in [0.4, 0.5) is 10.1 Å². The fraction of sp³-hybridized carbons (Fsp3) is 0. The molecular weight excluding hydrogens is 203 g/mol. The van der Waals surface area contributed by atoms with Gasteiger partial charge in [0.2, 0.25) is 5.88 Å². The van der Waals surface area contributed by atoms with Crippen LogP contribution in [0.1, 0.15) is 0 Å². The van der Waals surface area contributed by atoms with Gasteiger partial charge in [0.15, 0.2) is 0 Å². The molecular formula is C9H5FN2O3. The summed E-state index contributed by atoms with van der Waals surface area (Å²) in [4.78, 5) is 13.2. The van der Waals surface area contributed by atoms with Crippen molar-refractivity contribution in [2.24, 2.45) is 0 Å². The molecule has 0 spiro atoms. The summed E-state index contributed by atoms with van der Waals surface area (Å²) in [6.07, 6.45) is 0.821. The standard InChI is InChI=1S/C9H5FN2O3/c10-8-4-11-9(13)6-2-1-5(12(14)15)3-7(6)8/h1-4H,(H,11,13). The van der Waals surface area contributed by atoms with E-state index in [2.05, 4.69) is 4.98 Å². The number of nitro benzene ring substituents is 1. The van der Waals surface area contributed by atoms with E-state index in [1.54, 1.807) is 0 Å². The van der Waals surface area contributed by atoms with E-state index in [9.17, 15) is 19.6 Å². The van der Waals surface area contributed by atoms with Gasteiger partial charge in [-0.2, -0.15) is 0 Å². The molecule has 0 fully saturated rings. The van der Waals surface area contributed by atoms with E-state index in [-0.39, 0.29) is 22.3 Å². The summed E-state index contributed by atoms with van der Waals surface area (Å²) in [5, 5.41) is 19.9. The molecule has 0 aliphatic rings. The molecule has 0 saturated carbocycles. The van der Waals surface area contributed by atoms with E-state index < -0.39 is 10.7 Å². The average molecular weight is 208 g/mol. The second-order valence-electron chi connectivity index (χ2n) is 2.92. The molecule has 2 aromatic rings. The first-order valence-corrected chi connectivity index (χ1v) is 4.01. The summed E-state index contributed by atoms with van der Waals surface area (Å²) in [5.74, 6) is -1.05. The molecule has 0 amide bonds. The summed E-state index contributed by atoms with van der Waals surface area (Å²) >= 11 is 0. The van der Waals surface area contributed by atoms with Crippen LogP contribution in [0.15, 0.2) is 24.4 Å². The number of aromatic nitrogens is 1. The summed E-state index contributed by atoms with van der Waals surface area (Å²) < 4.78 is 13.2. The predicted molar refractivity (Wildman–Crippen MR) is 50.0 cm³/mol.